The van der Waals surface area contributed by atoms with Crippen LogP contribution >= 0.6 is 11.6 Å². The Morgan fingerprint density at radius 1 is 0.933 bits per heavy atom. The predicted octanol–water partition coefficient (Wildman–Crippen LogP) is 5.58. The Bertz CT molecular complexity index is 1170. The molecule has 1 saturated heterocycles. The van der Waals surface area contributed by atoms with Crippen LogP contribution in [0.2, 0.25) is 5.02 Å². The first-order valence-electron chi connectivity index (χ1n) is 9.57. The van der Waals surface area contributed by atoms with Gasteiger partial charge in [0.05, 0.1) is 11.6 Å². The minimum atomic E-state index is -0.734. The van der Waals surface area contributed by atoms with Crippen molar-refractivity contribution in [2.45, 2.75) is 19.9 Å². The normalized spacial score (nSPS) is 18.1. The molecule has 1 heterocycles. The number of benzene rings is 3. The van der Waals surface area contributed by atoms with Gasteiger partial charge < -0.3 is 5.11 Å². The maximum absolute atomic E-state index is 13.2. The van der Waals surface area contributed by atoms with Crippen molar-refractivity contribution in [1.29, 1.82) is 0 Å². The lowest BCUT2D eigenvalue weighted by Crippen LogP contribution is -2.30. The minimum absolute atomic E-state index is 0.0643. The van der Waals surface area contributed by atoms with E-state index in [9.17, 15) is 14.7 Å². The van der Waals surface area contributed by atoms with Crippen LogP contribution in [0.25, 0.3) is 5.76 Å². The van der Waals surface area contributed by atoms with Gasteiger partial charge in [-0.05, 0) is 60.9 Å². The van der Waals surface area contributed by atoms with E-state index in [1.54, 1.807) is 24.3 Å². The fourth-order valence-electron chi connectivity index (χ4n) is 3.77. The summed E-state index contributed by atoms with van der Waals surface area (Å²) in [7, 11) is 0. The summed E-state index contributed by atoms with van der Waals surface area (Å²) in [6, 6.07) is 20.8. The maximum Gasteiger partial charge on any atom is 0.300 e. The van der Waals surface area contributed by atoms with Gasteiger partial charge in [0.25, 0.3) is 11.7 Å². The van der Waals surface area contributed by atoms with Crippen molar-refractivity contribution in [2.75, 3.05) is 4.90 Å². The first-order valence-corrected chi connectivity index (χ1v) is 9.95. The Labute approximate surface area is 180 Å². The summed E-state index contributed by atoms with van der Waals surface area (Å²) in [6.07, 6.45) is 0. The lowest BCUT2D eigenvalue weighted by Gasteiger charge is -2.27. The second-order valence-electron chi connectivity index (χ2n) is 7.38. The van der Waals surface area contributed by atoms with Gasteiger partial charge in [0, 0.05) is 16.3 Å². The molecule has 1 fully saturated rings. The van der Waals surface area contributed by atoms with Gasteiger partial charge >= 0.3 is 0 Å². The first kappa shape index (κ1) is 19.9. The number of hydrogen-bond acceptors (Lipinski definition) is 3. The number of rotatable bonds is 3. The number of hydrogen-bond donors (Lipinski definition) is 1. The number of anilines is 1. The number of nitrogens with zero attached hydrogens (tertiary/aromatic N) is 1. The lowest BCUT2D eigenvalue weighted by molar-refractivity contribution is -0.132. The Balaban J connectivity index is 1.97. The quantitative estimate of drug-likeness (QED) is 0.343. The molecule has 3 aromatic carbocycles. The number of ketones is 1. The van der Waals surface area contributed by atoms with Crippen LogP contribution < -0.4 is 4.90 Å². The molecule has 1 aliphatic rings. The van der Waals surface area contributed by atoms with Gasteiger partial charge in [0.2, 0.25) is 0 Å². The summed E-state index contributed by atoms with van der Waals surface area (Å²) in [5.41, 5.74) is 3.74. The summed E-state index contributed by atoms with van der Waals surface area (Å²) < 4.78 is 0. The van der Waals surface area contributed by atoms with Crippen LogP contribution in [0.3, 0.4) is 0 Å². The van der Waals surface area contributed by atoms with Crippen molar-refractivity contribution in [3.8, 4) is 0 Å². The van der Waals surface area contributed by atoms with Gasteiger partial charge in [-0.1, -0.05) is 54.1 Å². The van der Waals surface area contributed by atoms with E-state index in [0.717, 1.165) is 16.7 Å². The zero-order chi connectivity index (χ0) is 21.4. The Morgan fingerprint density at radius 2 is 1.60 bits per heavy atom. The fourth-order valence-corrected chi connectivity index (χ4v) is 3.90. The second kappa shape index (κ2) is 7.81. The first-order chi connectivity index (χ1) is 14.4. The van der Waals surface area contributed by atoms with E-state index in [4.69, 9.17) is 11.6 Å². The highest BCUT2D eigenvalue weighted by atomic mass is 35.5. The van der Waals surface area contributed by atoms with E-state index in [1.807, 2.05) is 62.4 Å². The highest BCUT2D eigenvalue weighted by molar-refractivity contribution is 6.51. The van der Waals surface area contributed by atoms with E-state index in [2.05, 4.69) is 0 Å². The Kier molecular flexibility index (Phi) is 5.18. The third kappa shape index (κ3) is 3.40. The largest absolute Gasteiger partial charge is 0.507 e. The number of amides is 1. The summed E-state index contributed by atoms with van der Waals surface area (Å²) in [6.45, 7) is 3.83. The van der Waals surface area contributed by atoms with Gasteiger partial charge in [-0.2, -0.15) is 0 Å². The van der Waals surface area contributed by atoms with Gasteiger partial charge in [-0.15, -0.1) is 0 Å². The van der Waals surface area contributed by atoms with Crippen molar-refractivity contribution < 1.29 is 14.7 Å². The molecule has 0 radical (unpaired) electrons. The van der Waals surface area contributed by atoms with Crippen LogP contribution in [-0.4, -0.2) is 16.8 Å². The maximum atomic E-state index is 13.2. The van der Waals surface area contributed by atoms with Crippen LogP contribution in [0.4, 0.5) is 5.69 Å². The minimum Gasteiger partial charge on any atom is -0.507 e. The van der Waals surface area contributed by atoms with E-state index < -0.39 is 17.7 Å². The number of aliphatic hydroxyl groups excluding tert-OH is 1. The van der Waals surface area contributed by atoms with Crippen molar-refractivity contribution in [3.63, 3.8) is 0 Å². The van der Waals surface area contributed by atoms with Crippen molar-refractivity contribution in [3.05, 3.63) is 106 Å². The summed E-state index contributed by atoms with van der Waals surface area (Å²) >= 11 is 5.96. The third-order valence-corrected chi connectivity index (χ3v) is 5.55. The van der Waals surface area contributed by atoms with Gasteiger partial charge in [0.15, 0.2) is 0 Å². The molecule has 0 saturated carbocycles. The van der Waals surface area contributed by atoms with E-state index >= 15 is 0 Å². The molecule has 3 aromatic rings. The number of aryl methyl sites for hydroxylation is 2. The molecule has 0 aliphatic carbocycles. The molecule has 1 unspecified atom stereocenters. The number of carbonyl (C=O) groups is 2. The number of Topliss-reactive ketones (excluding diaryl/α,β-unsaturated/α-hetero) is 1. The second-order valence-corrected chi connectivity index (χ2v) is 7.81. The molecule has 0 bridgehead atoms. The Morgan fingerprint density at radius 3 is 2.27 bits per heavy atom. The molecule has 0 spiro atoms. The number of halogens is 1. The molecular weight excluding hydrogens is 398 g/mol. The van der Waals surface area contributed by atoms with Crippen LogP contribution in [0.5, 0.6) is 0 Å². The SMILES string of the molecule is Cc1ccc(C)c(N2C(=O)C(=O)/C(=C(/O)c3ccc(Cl)cc3)C2c2ccccc2)c1. The summed E-state index contributed by atoms with van der Waals surface area (Å²) in [5, 5.41) is 11.6. The average molecular weight is 418 g/mol. The molecule has 5 heteroatoms. The molecule has 4 nitrogen and oxygen atoms in total. The molecule has 0 aromatic heterocycles. The summed E-state index contributed by atoms with van der Waals surface area (Å²) in [4.78, 5) is 27.8. The molecular formula is C25H20ClNO3. The average Bonchev–Trinajstić information content (AvgIpc) is 3.01. The standard InChI is InChI=1S/C25H20ClNO3/c1-15-8-9-16(2)20(14-15)27-22(17-6-4-3-5-7-17)21(24(29)25(27)30)23(28)18-10-12-19(26)13-11-18/h3-14,22,28H,1-2H3/b23-21+. The van der Waals surface area contributed by atoms with Gasteiger partial charge in [0.1, 0.15) is 5.76 Å². The molecule has 4 rings (SSSR count). The summed E-state index contributed by atoms with van der Waals surface area (Å²) in [5.74, 6) is -1.59. The van der Waals surface area contributed by atoms with E-state index in [1.165, 1.54) is 4.90 Å². The molecule has 1 amide bonds. The topological polar surface area (TPSA) is 57.6 Å². The molecule has 1 atom stereocenters. The van der Waals surface area contributed by atoms with E-state index in [-0.39, 0.29) is 11.3 Å². The zero-order valence-corrected chi connectivity index (χ0v) is 17.4. The fraction of sp³-hybridized carbons (Fsp3) is 0.120. The predicted molar refractivity (Wildman–Crippen MR) is 119 cm³/mol. The van der Waals surface area contributed by atoms with Crippen molar-refractivity contribution in [1.82, 2.24) is 0 Å². The van der Waals surface area contributed by atoms with Gasteiger partial charge in [-0.25, -0.2) is 0 Å². The molecule has 30 heavy (non-hydrogen) atoms. The third-order valence-electron chi connectivity index (χ3n) is 5.30. The molecule has 1 aliphatic heterocycles. The van der Waals surface area contributed by atoms with Crippen molar-refractivity contribution in [2.24, 2.45) is 0 Å². The lowest BCUT2D eigenvalue weighted by atomic mass is 9.95. The monoisotopic (exact) mass is 417 g/mol. The van der Waals surface area contributed by atoms with Crippen LogP contribution in [-0.2, 0) is 9.59 Å². The van der Waals surface area contributed by atoms with Crippen LogP contribution in [0, 0.1) is 13.8 Å². The smallest absolute Gasteiger partial charge is 0.300 e. The van der Waals surface area contributed by atoms with Crippen molar-refractivity contribution >= 4 is 34.7 Å². The number of carbonyl (C=O) groups excluding carboxylic acids is 2. The van der Waals surface area contributed by atoms with Gasteiger partial charge in [-0.3, -0.25) is 14.5 Å². The van der Waals surface area contributed by atoms with Crippen LogP contribution in [0.1, 0.15) is 28.3 Å². The molecule has 150 valence electrons. The number of aliphatic hydroxyl groups is 1. The highest BCUT2D eigenvalue weighted by Crippen LogP contribution is 2.43. The van der Waals surface area contributed by atoms with Crippen LogP contribution in [0.15, 0.2) is 78.4 Å². The molecule has 1 N–H and O–H groups in total. The highest BCUT2D eigenvalue weighted by Gasteiger charge is 2.47. The van der Waals surface area contributed by atoms with E-state index in [0.29, 0.717) is 16.3 Å². The zero-order valence-electron chi connectivity index (χ0n) is 16.6. The Hall–Kier alpha value is -3.37.